The van der Waals surface area contributed by atoms with Gasteiger partial charge in [-0.15, -0.1) is 0 Å². The summed E-state index contributed by atoms with van der Waals surface area (Å²) in [7, 11) is 1.90. The number of hydrogen-bond acceptors (Lipinski definition) is 3. The molecule has 0 atom stereocenters. The summed E-state index contributed by atoms with van der Waals surface area (Å²) in [6.07, 6.45) is 2.80. The van der Waals surface area contributed by atoms with Crippen LogP contribution in [0.3, 0.4) is 0 Å². The molecular weight excluding hydrogens is 174 g/mol. The minimum atomic E-state index is 0.0240. The van der Waals surface area contributed by atoms with Gasteiger partial charge in [-0.3, -0.25) is 0 Å². The fourth-order valence-electron chi connectivity index (χ4n) is 1.26. The third-order valence-electron chi connectivity index (χ3n) is 2.14. The molecule has 0 fully saturated rings. The molecule has 0 aliphatic heterocycles. The Labute approximate surface area is 86.0 Å². The first kappa shape index (κ1) is 11.0. The van der Waals surface area contributed by atoms with E-state index in [-0.39, 0.29) is 5.41 Å². The summed E-state index contributed by atoms with van der Waals surface area (Å²) in [6, 6.07) is 0. The van der Waals surface area contributed by atoms with Crippen LogP contribution in [-0.2, 0) is 11.8 Å². The second-order valence-corrected chi connectivity index (χ2v) is 4.41. The van der Waals surface area contributed by atoms with Gasteiger partial charge in [0.25, 0.3) is 0 Å². The van der Waals surface area contributed by atoms with Crippen molar-refractivity contribution in [3.63, 3.8) is 0 Å². The van der Waals surface area contributed by atoms with Gasteiger partial charge in [-0.2, -0.15) is 0 Å². The number of hydrogen-bond donors (Lipinski definition) is 1. The van der Waals surface area contributed by atoms with Crippen LogP contribution in [0.25, 0.3) is 0 Å². The second kappa shape index (κ2) is 3.95. The first-order valence-electron chi connectivity index (χ1n) is 5.03. The first-order chi connectivity index (χ1) is 6.49. The number of nitrogens with zero attached hydrogens (tertiary/aromatic N) is 2. The lowest BCUT2D eigenvalue weighted by Crippen LogP contribution is -2.17. The highest BCUT2D eigenvalue weighted by Crippen LogP contribution is 2.20. The standard InChI is InChI=1S/C11H19N3/c1-6-8-9(12-5)7-13-10(14-8)11(2,3)4/h7,12H,6H2,1-5H3. The molecule has 14 heavy (non-hydrogen) atoms. The maximum absolute atomic E-state index is 4.56. The van der Waals surface area contributed by atoms with Gasteiger partial charge in [-0.25, -0.2) is 9.97 Å². The molecule has 3 heteroatoms. The zero-order valence-corrected chi connectivity index (χ0v) is 9.68. The largest absolute Gasteiger partial charge is 0.385 e. The quantitative estimate of drug-likeness (QED) is 0.783. The van der Waals surface area contributed by atoms with Gasteiger partial charge in [0.05, 0.1) is 17.6 Å². The van der Waals surface area contributed by atoms with Crippen molar-refractivity contribution in [3.8, 4) is 0 Å². The maximum atomic E-state index is 4.56. The lowest BCUT2D eigenvalue weighted by Gasteiger charge is -2.18. The topological polar surface area (TPSA) is 37.8 Å². The molecule has 1 heterocycles. The van der Waals surface area contributed by atoms with Crippen LogP contribution < -0.4 is 5.32 Å². The number of aryl methyl sites for hydroxylation is 1. The van der Waals surface area contributed by atoms with Crippen molar-refractivity contribution in [1.82, 2.24) is 9.97 Å². The molecule has 0 saturated carbocycles. The predicted octanol–water partition coefficient (Wildman–Crippen LogP) is 2.38. The first-order valence-corrected chi connectivity index (χ1v) is 5.03. The van der Waals surface area contributed by atoms with Crippen molar-refractivity contribution in [2.45, 2.75) is 39.5 Å². The number of anilines is 1. The Morgan fingerprint density at radius 2 is 2.00 bits per heavy atom. The molecule has 3 nitrogen and oxygen atoms in total. The van der Waals surface area contributed by atoms with Crippen molar-refractivity contribution in [3.05, 3.63) is 17.7 Å². The van der Waals surface area contributed by atoms with Gasteiger partial charge in [0.2, 0.25) is 0 Å². The Morgan fingerprint density at radius 1 is 1.36 bits per heavy atom. The summed E-state index contributed by atoms with van der Waals surface area (Å²) in [4.78, 5) is 8.92. The molecule has 0 aliphatic rings. The van der Waals surface area contributed by atoms with Crippen LogP contribution in [0.1, 0.15) is 39.2 Å². The number of nitrogens with one attached hydrogen (secondary N) is 1. The number of aromatic nitrogens is 2. The zero-order valence-electron chi connectivity index (χ0n) is 9.68. The lowest BCUT2D eigenvalue weighted by molar-refractivity contribution is 0.542. The molecule has 0 spiro atoms. The van der Waals surface area contributed by atoms with Crippen LogP contribution in [0.15, 0.2) is 6.20 Å². The van der Waals surface area contributed by atoms with Gasteiger partial charge in [-0.1, -0.05) is 27.7 Å². The van der Waals surface area contributed by atoms with E-state index < -0.39 is 0 Å². The average molecular weight is 193 g/mol. The van der Waals surface area contributed by atoms with E-state index in [9.17, 15) is 0 Å². The molecule has 0 aliphatic carbocycles. The molecule has 1 aromatic heterocycles. The van der Waals surface area contributed by atoms with Gasteiger partial charge in [0.15, 0.2) is 0 Å². The van der Waals surface area contributed by atoms with Crippen LogP contribution in [0.4, 0.5) is 5.69 Å². The van der Waals surface area contributed by atoms with Crippen molar-refractivity contribution in [1.29, 1.82) is 0 Å². The normalized spacial score (nSPS) is 11.5. The number of rotatable bonds is 2. The Kier molecular flexibility index (Phi) is 3.09. The van der Waals surface area contributed by atoms with Crippen LogP contribution in [0, 0.1) is 0 Å². The van der Waals surface area contributed by atoms with E-state index in [4.69, 9.17) is 0 Å². The van der Waals surface area contributed by atoms with Crippen LogP contribution in [0.5, 0.6) is 0 Å². The van der Waals surface area contributed by atoms with Crippen molar-refractivity contribution in [2.75, 3.05) is 12.4 Å². The van der Waals surface area contributed by atoms with Crippen molar-refractivity contribution < 1.29 is 0 Å². The second-order valence-electron chi connectivity index (χ2n) is 4.41. The molecule has 0 aromatic carbocycles. The highest BCUT2D eigenvalue weighted by molar-refractivity contribution is 5.45. The van der Waals surface area contributed by atoms with Gasteiger partial charge in [0.1, 0.15) is 5.82 Å². The minimum Gasteiger partial charge on any atom is -0.385 e. The van der Waals surface area contributed by atoms with E-state index >= 15 is 0 Å². The zero-order chi connectivity index (χ0) is 10.8. The van der Waals surface area contributed by atoms with E-state index in [2.05, 4.69) is 43.0 Å². The van der Waals surface area contributed by atoms with Crippen LogP contribution in [-0.4, -0.2) is 17.0 Å². The molecule has 78 valence electrons. The molecule has 0 unspecified atom stereocenters. The molecule has 1 N–H and O–H groups in total. The Balaban J connectivity index is 3.14. The summed E-state index contributed by atoms with van der Waals surface area (Å²) in [5.41, 5.74) is 2.14. The average Bonchev–Trinajstić information content (AvgIpc) is 2.15. The summed E-state index contributed by atoms with van der Waals surface area (Å²) in [5, 5.41) is 3.10. The third-order valence-corrected chi connectivity index (χ3v) is 2.14. The summed E-state index contributed by atoms with van der Waals surface area (Å²) >= 11 is 0. The molecule has 1 rings (SSSR count). The fraction of sp³-hybridized carbons (Fsp3) is 0.636. The van der Waals surface area contributed by atoms with E-state index in [1.54, 1.807) is 0 Å². The Bertz CT molecular complexity index is 313. The molecular formula is C11H19N3. The van der Waals surface area contributed by atoms with Crippen molar-refractivity contribution in [2.24, 2.45) is 0 Å². The predicted molar refractivity (Wildman–Crippen MR) is 59.7 cm³/mol. The molecule has 0 bridgehead atoms. The third kappa shape index (κ3) is 2.22. The Hall–Kier alpha value is -1.12. The fourth-order valence-corrected chi connectivity index (χ4v) is 1.26. The Morgan fingerprint density at radius 3 is 2.43 bits per heavy atom. The summed E-state index contributed by atoms with van der Waals surface area (Å²) in [5.74, 6) is 0.911. The van der Waals surface area contributed by atoms with Crippen LogP contribution in [0.2, 0.25) is 0 Å². The van der Waals surface area contributed by atoms with E-state index in [0.29, 0.717) is 0 Å². The van der Waals surface area contributed by atoms with E-state index in [1.165, 1.54) is 0 Å². The van der Waals surface area contributed by atoms with Gasteiger partial charge in [-0.05, 0) is 6.42 Å². The van der Waals surface area contributed by atoms with Gasteiger partial charge in [0, 0.05) is 12.5 Å². The van der Waals surface area contributed by atoms with Crippen LogP contribution >= 0.6 is 0 Å². The van der Waals surface area contributed by atoms with Crippen molar-refractivity contribution >= 4 is 5.69 Å². The summed E-state index contributed by atoms with van der Waals surface area (Å²) in [6.45, 7) is 8.48. The molecule has 0 radical (unpaired) electrons. The molecule has 0 saturated heterocycles. The van der Waals surface area contributed by atoms with E-state index in [0.717, 1.165) is 23.6 Å². The minimum absolute atomic E-state index is 0.0240. The smallest absolute Gasteiger partial charge is 0.134 e. The molecule has 1 aromatic rings. The maximum Gasteiger partial charge on any atom is 0.134 e. The SMILES string of the molecule is CCc1nc(C(C)(C)C)ncc1NC. The van der Waals surface area contributed by atoms with Gasteiger partial charge >= 0.3 is 0 Å². The lowest BCUT2D eigenvalue weighted by atomic mass is 9.95. The van der Waals surface area contributed by atoms with Gasteiger partial charge < -0.3 is 5.32 Å². The molecule has 0 amide bonds. The highest BCUT2D eigenvalue weighted by Gasteiger charge is 2.18. The summed E-state index contributed by atoms with van der Waals surface area (Å²) < 4.78 is 0. The monoisotopic (exact) mass is 193 g/mol. The highest BCUT2D eigenvalue weighted by atomic mass is 15.0. The van der Waals surface area contributed by atoms with E-state index in [1.807, 2.05) is 13.2 Å².